The molecule has 0 unspecified atom stereocenters. The van der Waals surface area contributed by atoms with Gasteiger partial charge in [-0.2, -0.15) is 0 Å². The average molecular weight is 399 g/mol. The summed E-state index contributed by atoms with van der Waals surface area (Å²) in [7, 11) is 0. The van der Waals surface area contributed by atoms with Gasteiger partial charge in [-0.05, 0) is 59.0 Å². The first-order valence-corrected chi connectivity index (χ1v) is 7.32. The van der Waals surface area contributed by atoms with E-state index in [1.54, 1.807) is 30.3 Å². The molecule has 2 rings (SSSR count). The maximum absolute atomic E-state index is 11.1. The number of nitrogens with one attached hydrogen (secondary N) is 1. The van der Waals surface area contributed by atoms with E-state index < -0.39 is 4.92 Å². The van der Waals surface area contributed by atoms with Gasteiger partial charge in [-0.3, -0.25) is 10.1 Å². The van der Waals surface area contributed by atoms with Crippen LogP contribution in [0.25, 0.3) is 0 Å². The van der Waals surface area contributed by atoms with E-state index in [9.17, 15) is 10.1 Å². The van der Waals surface area contributed by atoms with E-state index in [1.165, 1.54) is 6.07 Å². The summed E-state index contributed by atoms with van der Waals surface area (Å²) in [6, 6.07) is 12.2. The number of hydrogen-bond donors (Lipinski definition) is 2. The molecule has 21 heavy (non-hydrogen) atoms. The molecule has 2 aromatic carbocycles. The minimum atomic E-state index is -0.400. The van der Waals surface area contributed by atoms with Crippen LogP contribution < -0.4 is 15.8 Å². The summed E-state index contributed by atoms with van der Waals surface area (Å²) in [5.74, 6) is 0.711. The molecule has 0 aliphatic rings. The maximum atomic E-state index is 11.1. The molecule has 110 valence electrons. The number of anilines is 2. The highest BCUT2D eigenvalue weighted by atomic mass is 127. The summed E-state index contributed by atoms with van der Waals surface area (Å²) in [5, 5.41) is 14.1. The van der Waals surface area contributed by atoms with Crippen LogP contribution in [0.4, 0.5) is 17.1 Å². The number of nitro groups is 1. The maximum Gasteiger partial charge on any atom is 0.293 e. The lowest BCUT2D eigenvalue weighted by Gasteiger charge is -2.09. The molecule has 0 radical (unpaired) electrons. The van der Waals surface area contributed by atoms with Crippen molar-refractivity contribution in [1.82, 2.24) is 0 Å². The van der Waals surface area contributed by atoms with E-state index in [0.29, 0.717) is 24.6 Å². The lowest BCUT2D eigenvalue weighted by atomic mass is 10.2. The third kappa shape index (κ3) is 4.30. The van der Waals surface area contributed by atoms with E-state index in [4.69, 9.17) is 10.5 Å². The Morgan fingerprint density at radius 3 is 2.57 bits per heavy atom. The molecule has 0 saturated carbocycles. The largest absolute Gasteiger partial charge is 0.492 e. The van der Waals surface area contributed by atoms with E-state index in [0.717, 1.165) is 9.26 Å². The highest BCUT2D eigenvalue weighted by Gasteiger charge is 2.14. The molecule has 0 fully saturated rings. The Kier molecular flexibility index (Phi) is 5.34. The van der Waals surface area contributed by atoms with Crippen LogP contribution in [0.2, 0.25) is 0 Å². The normalized spacial score (nSPS) is 10.2. The lowest BCUT2D eigenvalue weighted by Crippen LogP contribution is -2.10. The lowest BCUT2D eigenvalue weighted by molar-refractivity contribution is -0.384. The van der Waals surface area contributed by atoms with Gasteiger partial charge in [0.05, 0.1) is 4.92 Å². The zero-order valence-electron chi connectivity index (χ0n) is 11.1. The van der Waals surface area contributed by atoms with Gasteiger partial charge in [0.1, 0.15) is 18.0 Å². The van der Waals surface area contributed by atoms with Crippen molar-refractivity contribution >= 4 is 39.7 Å². The monoisotopic (exact) mass is 399 g/mol. The van der Waals surface area contributed by atoms with Crippen molar-refractivity contribution in [3.63, 3.8) is 0 Å². The quantitative estimate of drug-likeness (QED) is 0.442. The second-order valence-electron chi connectivity index (χ2n) is 4.21. The third-order valence-electron chi connectivity index (χ3n) is 2.68. The van der Waals surface area contributed by atoms with Crippen LogP contribution in [0.3, 0.4) is 0 Å². The number of nitro benzene ring substituents is 1. The number of nitrogens with zero attached hydrogens (tertiary/aromatic N) is 1. The van der Waals surface area contributed by atoms with Crippen LogP contribution in [0.1, 0.15) is 0 Å². The van der Waals surface area contributed by atoms with Gasteiger partial charge in [0.25, 0.3) is 5.69 Å². The molecule has 2 aromatic rings. The van der Waals surface area contributed by atoms with E-state index >= 15 is 0 Å². The first-order chi connectivity index (χ1) is 10.1. The predicted molar refractivity (Wildman–Crippen MR) is 90.1 cm³/mol. The van der Waals surface area contributed by atoms with Crippen molar-refractivity contribution in [3.05, 3.63) is 56.1 Å². The summed E-state index contributed by atoms with van der Waals surface area (Å²) in [5.41, 5.74) is 6.61. The number of nitrogens with two attached hydrogens (primary N) is 1. The molecule has 6 nitrogen and oxygen atoms in total. The number of ether oxygens (including phenoxy) is 1. The Bertz CT molecular complexity index is 632. The van der Waals surface area contributed by atoms with Gasteiger partial charge < -0.3 is 15.8 Å². The molecule has 0 bridgehead atoms. The fourth-order valence-corrected chi connectivity index (χ4v) is 2.20. The standard InChI is InChI=1S/C14H14IN3O3/c15-10-1-6-13(14(9-10)18(19)20)17-11-2-4-12(5-3-11)21-8-7-16/h1-6,9,17H,7-8,16H2. The van der Waals surface area contributed by atoms with Crippen LogP contribution in [0, 0.1) is 13.7 Å². The van der Waals surface area contributed by atoms with Crippen LogP contribution >= 0.6 is 22.6 Å². The van der Waals surface area contributed by atoms with Gasteiger partial charge in [-0.1, -0.05) is 0 Å². The number of benzene rings is 2. The summed E-state index contributed by atoms with van der Waals surface area (Å²) in [6.07, 6.45) is 0. The van der Waals surface area contributed by atoms with Crippen LogP contribution in [0.15, 0.2) is 42.5 Å². The second kappa shape index (κ2) is 7.23. The Morgan fingerprint density at radius 1 is 1.24 bits per heavy atom. The molecule has 0 saturated heterocycles. The number of rotatable bonds is 6. The number of hydrogen-bond acceptors (Lipinski definition) is 5. The molecular formula is C14H14IN3O3. The van der Waals surface area contributed by atoms with Crippen LogP contribution in [-0.4, -0.2) is 18.1 Å². The Balaban J connectivity index is 2.16. The molecule has 0 aliphatic heterocycles. The summed E-state index contributed by atoms with van der Waals surface area (Å²) in [6.45, 7) is 0.907. The molecule has 0 atom stereocenters. The molecule has 7 heteroatoms. The zero-order valence-corrected chi connectivity index (χ0v) is 13.2. The SMILES string of the molecule is NCCOc1ccc(Nc2ccc(I)cc2[N+](=O)[O-])cc1. The van der Waals surface area contributed by atoms with Gasteiger partial charge in [0.2, 0.25) is 0 Å². The van der Waals surface area contributed by atoms with Crippen molar-refractivity contribution in [2.75, 3.05) is 18.5 Å². The Morgan fingerprint density at radius 2 is 1.95 bits per heavy atom. The van der Waals surface area contributed by atoms with Gasteiger partial charge in [-0.15, -0.1) is 0 Å². The topological polar surface area (TPSA) is 90.4 Å². The molecule has 0 amide bonds. The minimum absolute atomic E-state index is 0.0466. The molecular weight excluding hydrogens is 385 g/mol. The van der Waals surface area contributed by atoms with Crippen LogP contribution in [0.5, 0.6) is 5.75 Å². The van der Waals surface area contributed by atoms with Crippen molar-refractivity contribution in [2.45, 2.75) is 0 Å². The van der Waals surface area contributed by atoms with E-state index in [1.807, 2.05) is 28.7 Å². The average Bonchev–Trinajstić information content (AvgIpc) is 2.48. The molecule has 0 aliphatic carbocycles. The first-order valence-electron chi connectivity index (χ1n) is 6.24. The van der Waals surface area contributed by atoms with E-state index in [2.05, 4.69) is 5.32 Å². The smallest absolute Gasteiger partial charge is 0.293 e. The Labute approximate surface area is 135 Å². The van der Waals surface area contributed by atoms with Crippen molar-refractivity contribution < 1.29 is 9.66 Å². The molecule has 0 spiro atoms. The van der Waals surface area contributed by atoms with Gasteiger partial charge in [-0.25, -0.2) is 0 Å². The van der Waals surface area contributed by atoms with Gasteiger partial charge in [0.15, 0.2) is 0 Å². The van der Waals surface area contributed by atoms with Crippen molar-refractivity contribution in [2.24, 2.45) is 5.73 Å². The van der Waals surface area contributed by atoms with Gasteiger partial charge in [0, 0.05) is 21.9 Å². The number of halogens is 1. The fourth-order valence-electron chi connectivity index (χ4n) is 1.73. The fraction of sp³-hybridized carbons (Fsp3) is 0.143. The predicted octanol–water partition coefficient (Wildman–Crippen LogP) is 3.28. The first kappa shape index (κ1) is 15.5. The molecule has 0 heterocycles. The van der Waals surface area contributed by atoms with Crippen molar-refractivity contribution in [3.8, 4) is 5.75 Å². The summed E-state index contributed by atoms with van der Waals surface area (Å²) >= 11 is 2.04. The summed E-state index contributed by atoms with van der Waals surface area (Å²) < 4.78 is 6.19. The second-order valence-corrected chi connectivity index (χ2v) is 5.45. The highest BCUT2D eigenvalue weighted by Crippen LogP contribution is 2.29. The molecule has 3 N–H and O–H groups in total. The molecule has 0 aromatic heterocycles. The van der Waals surface area contributed by atoms with Crippen LogP contribution in [-0.2, 0) is 0 Å². The third-order valence-corrected chi connectivity index (χ3v) is 3.35. The Hall–Kier alpha value is -1.87. The van der Waals surface area contributed by atoms with E-state index in [-0.39, 0.29) is 5.69 Å². The highest BCUT2D eigenvalue weighted by molar-refractivity contribution is 14.1. The summed E-state index contributed by atoms with van der Waals surface area (Å²) in [4.78, 5) is 10.7. The van der Waals surface area contributed by atoms with Gasteiger partial charge >= 0.3 is 0 Å². The minimum Gasteiger partial charge on any atom is -0.492 e. The van der Waals surface area contributed by atoms with Crippen molar-refractivity contribution in [1.29, 1.82) is 0 Å². The zero-order chi connectivity index (χ0) is 15.2.